The van der Waals surface area contributed by atoms with Crippen molar-refractivity contribution >= 4 is 5.78 Å². The van der Waals surface area contributed by atoms with Crippen LogP contribution < -0.4 is 0 Å². The van der Waals surface area contributed by atoms with Crippen LogP contribution in [-0.2, 0) is 0 Å². The number of fused-ring (bicyclic) bond motifs is 1. The van der Waals surface area contributed by atoms with E-state index in [-0.39, 0.29) is 30.5 Å². The van der Waals surface area contributed by atoms with Gasteiger partial charge in [-0.05, 0) is 12.0 Å². The monoisotopic (exact) mass is 289 g/mol. The molecule has 1 aromatic heterocycles. The number of halogens is 2. The fraction of sp³-hybridized carbons (Fsp3) is 0.400. The quantitative estimate of drug-likeness (QED) is 0.816. The average molecular weight is 289 g/mol. The van der Waals surface area contributed by atoms with Crippen molar-refractivity contribution in [2.45, 2.75) is 31.2 Å². The van der Waals surface area contributed by atoms with Gasteiger partial charge in [-0.3, -0.25) is 4.79 Å². The molecule has 1 fully saturated rings. The first-order valence-corrected chi connectivity index (χ1v) is 6.99. The Bertz CT molecular complexity index is 700. The molecule has 2 heterocycles. The number of hydrogen-bond donors (Lipinski definition) is 0. The van der Waals surface area contributed by atoms with Crippen LogP contribution in [0.15, 0.2) is 30.3 Å². The van der Waals surface area contributed by atoms with Crippen LogP contribution in [0.4, 0.5) is 8.78 Å². The fourth-order valence-corrected chi connectivity index (χ4v) is 2.84. The highest BCUT2D eigenvalue weighted by molar-refractivity contribution is 5.96. The summed E-state index contributed by atoms with van der Waals surface area (Å²) >= 11 is 0. The molecule has 0 saturated heterocycles. The Morgan fingerprint density at radius 3 is 2.57 bits per heavy atom. The summed E-state index contributed by atoms with van der Waals surface area (Å²) in [5.74, 6) is -0.938. The number of Topliss-reactive ketones (excluding diaryl/α,β-unsaturated/α-hetero) is 1. The topological polar surface area (TPSA) is 47.8 Å². The lowest BCUT2D eigenvalue weighted by Crippen LogP contribution is -2.11. The van der Waals surface area contributed by atoms with Crippen molar-refractivity contribution in [2.75, 3.05) is 0 Å². The summed E-state index contributed by atoms with van der Waals surface area (Å²) < 4.78 is 28.6. The number of carbonyl (C=O) groups excluding carboxylic acids is 1. The first-order chi connectivity index (χ1) is 10.1. The van der Waals surface area contributed by atoms with Crippen LogP contribution in [0.2, 0.25) is 0 Å². The molecular formula is C15H13F2N3O. The zero-order valence-corrected chi connectivity index (χ0v) is 11.1. The lowest BCUT2D eigenvalue weighted by Gasteiger charge is -2.11. The highest BCUT2D eigenvalue weighted by Gasteiger charge is 2.46. The predicted octanol–water partition coefficient (Wildman–Crippen LogP) is 2.82. The van der Waals surface area contributed by atoms with Gasteiger partial charge in [-0.2, -0.15) is 0 Å². The van der Waals surface area contributed by atoms with Crippen molar-refractivity contribution in [1.29, 1.82) is 0 Å². The second kappa shape index (κ2) is 4.44. The van der Waals surface area contributed by atoms with Gasteiger partial charge in [0.15, 0.2) is 12.0 Å². The van der Waals surface area contributed by atoms with Crippen LogP contribution in [0.25, 0.3) is 0 Å². The number of nitrogens with zero attached hydrogens (tertiary/aromatic N) is 3. The highest BCUT2D eigenvalue weighted by atomic mass is 19.1. The van der Waals surface area contributed by atoms with Crippen molar-refractivity contribution in [1.82, 2.24) is 14.8 Å². The Morgan fingerprint density at radius 2 is 1.90 bits per heavy atom. The number of ketones is 1. The summed E-state index contributed by atoms with van der Waals surface area (Å²) in [7, 11) is 0. The maximum Gasteiger partial charge on any atom is 0.218 e. The first-order valence-electron chi connectivity index (χ1n) is 6.99. The van der Waals surface area contributed by atoms with E-state index in [9.17, 15) is 13.6 Å². The number of aromatic nitrogens is 3. The third-order valence-electron chi connectivity index (χ3n) is 4.12. The summed E-state index contributed by atoms with van der Waals surface area (Å²) in [5.41, 5.74) is 0.928. The first kappa shape index (κ1) is 12.6. The second-order valence-corrected chi connectivity index (χ2v) is 5.59. The lowest BCUT2D eigenvalue weighted by molar-refractivity contribution is 0.0946. The van der Waals surface area contributed by atoms with E-state index in [4.69, 9.17) is 0 Å². The minimum atomic E-state index is -1.25. The molecule has 0 amide bonds. The smallest absolute Gasteiger partial charge is 0.218 e. The molecule has 21 heavy (non-hydrogen) atoms. The number of benzene rings is 1. The normalized spacial score (nSPS) is 30.2. The zero-order valence-electron chi connectivity index (χ0n) is 11.1. The average Bonchev–Trinajstić information content (AvgIpc) is 2.95. The molecule has 1 aromatic carbocycles. The molecular weight excluding hydrogens is 276 g/mol. The van der Waals surface area contributed by atoms with Crippen LogP contribution in [0, 0.1) is 5.92 Å². The minimum absolute atomic E-state index is 0.0570. The van der Waals surface area contributed by atoms with Crippen molar-refractivity contribution in [2.24, 2.45) is 5.92 Å². The summed E-state index contributed by atoms with van der Waals surface area (Å²) in [5, 5.41) is 4.14. The molecule has 108 valence electrons. The van der Waals surface area contributed by atoms with Crippen LogP contribution in [0.3, 0.4) is 0 Å². The van der Waals surface area contributed by atoms with Gasteiger partial charge in [0.1, 0.15) is 6.17 Å². The maximum atomic E-state index is 14.1. The van der Waals surface area contributed by atoms with E-state index >= 15 is 0 Å². The van der Waals surface area contributed by atoms with E-state index < -0.39 is 24.0 Å². The summed E-state index contributed by atoms with van der Waals surface area (Å²) in [6, 6.07) is 9.17. The summed E-state index contributed by atoms with van der Waals surface area (Å²) in [4.78, 5) is 16.0. The Kier molecular flexibility index (Phi) is 2.67. The van der Waals surface area contributed by atoms with Gasteiger partial charge in [0.05, 0.1) is 12.0 Å². The van der Waals surface area contributed by atoms with E-state index in [0.29, 0.717) is 0 Å². The SMILES string of the molecule is O=C(c1nc2n(n1)C(c1ccccc1)C[C@H]2F)[C@H]1C[C@@H]1F. The third kappa shape index (κ3) is 1.97. The number of carbonyl (C=O) groups is 1. The molecule has 0 N–H and O–H groups in total. The largest absolute Gasteiger partial charge is 0.290 e. The summed E-state index contributed by atoms with van der Waals surface area (Å²) in [6.45, 7) is 0. The summed E-state index contributed by atoms with van der Waals surface area (Å²) in [6.07, 6.45) is -1.85. The number of alkyl halides is 2. The van der Waals surface area contributed by atoms with E-state index in [2.05, 4.69) is 10.1 Å². The maximum absolute atomic E-state index is 14.1. The second-order valence-electron chi connectivity index (χ2n) is 5.59. The molecule has 1 unspecified atom stereocenters. The molecule has 0 bridgehead atoms. The van der Waals surface area contributed by atoms with Crippen LogP contribution in [-0.4, -0.2) is 26.7 Å². The van der Waals surface area contributed by atoms with Crippen LogP contribution in [0.1, 0.15) is 47.1 Å². The fourth-order valence-electron chi connectivity index (χ4n) is 2.84. The minimum Gasteiger partial charge on any atom is -0.290 e. The van der Waals surface area contributed by atoms with E-state index in [1.807, 2.05) is 30.3 Å². The molecule has 2 aliphatic rings. The zero-order chi connectivity index (χ0) is 14.6. The van der Waals surface area contributed by atoms with E-state index in [0.717, 1.165) is 5.56 Å². The van der Waals surface area contributed by atoms with Gasteiger partial charge < -0.3 is 0 Å². The van der Waals surface area contributed by atoms with Gasteiger partial charge in [0, 0.05) is 6.42 Å². The molecule has 2 aromatic rings. The van der Waals surface area contributed by atoms with Gasteiger partial charge in [-0.25, -0.2) is 18.4 Å². The number of rotatable bonds is 3. The molecule has 1 aliphatic heterocycles. The van der Waals surface area contributed by atoms with Crippen molar-refractivity contribution in [3.05, 3.63) is 47.5 Å². The molecule has 4 nitrogen and oxygen atoms in total. The van der Waals surface area contributed by atoms with E-state index in [1.165, 1.54) is 4.68 Å². The Labute approximate surface area is 119 Å². The van der Waals surface area contributed by atoms with Crippen molar-refractivity contribution in [3.8, 4) is 0 Å². The van der Waals surface area contributed by atoms with Gasteiger partial charge in [-0.15, -0.1) is 5.10 Å². The Morgan fingerprint density at radius 1 is 1.19 bits per heavy atom. The lowest BCUT2D eigenvalue weighted by atomic mass is 10.0. The number of hydrogen-bond acceptors (Lipinski definition) is 3. The standard InChI is InChI=1S/C15H13F2N3O/c16-10-6-9(10)13(21)14-18-15-11(17)7-12(20(15)19-14)8-4-2-1-3-5-8/h1-5,9-12H,6-7H2/t9-,10-,11+,12?/m0/s1. The van der Waals surface area contributed by atoms with E-state index in [1.54, 1.807) is 0 Å². The van der Waals surface area contributed by atoms with Crippen molar-refractivity contribution in [3.63, 3.8) is 0 Å². The van der Waals surface area contributed by atoms with Crippen LogP contribution >= 0.6 is 0 Å². The van der Waals surface area contributed by atoms with Crippen molar-refractivity contribution < 1.29 is 13.6 Å². The molecule has 1 saturated carbocycles. The van der Waals surface area contributed by atoms with Gasteiger partial charge in [0.2, 0.25) is 11.6 Å². The van der Waals surface area contributed by atoms with Gasteiger partial charge >= 0.3 is 0 Å². The Hall–Kier alpha value is -2.11. The Balaban J connectivity index is 1.69. The van der Waals surface area contributed by atoms with Crippen LogP contribution in [0.5, 0.6) is 0 Å². The molecule has 1 aliphatic carbocycles. The molecule has 4 rings (SSSR count). The third-order valence-corrected chi connectivity index (χ3v) is 4.12. The highest BCUT2D eigenvalue weighted by Crippen LogP contribution is 2.41. The molecule has 0 radical (unpaired) electrons. The van der Waals surface area contributed by atoms with Gasteiger partial charge in [-0.1, -0.05) is 30.3 Å². The predicted molar refractivity (Wildman–Crippen MR) is 70.4 cm³/mol. The molecule has 4 atom stereocenters. The molecule has 6 heteroatoms. The van der Waals surface area contributed by atoms with Gasteiger partial charge in [0.25, 0.3) is 0 Å². The molecule has 0 spiro atoms.